The molecule has 1 aromatic heterocycles. The monoisotopic (exact) mass is 497 g/mol. The minimum atomic E-state index is -3.44. The molecular weight excluding hydrogens is 466 g/mol. The molecular formula is C26H31N3O3S2. The average molecular weight is 498 g/mol. The Morgan fingerprint density at radius 1 is 1.00 bits per heavy atom. The molecule has 0 bridgehead atoms. The normalized spacial score (nSPS) is 20.1. The van der Waals surface area contributed by atoms with Crippen molar-refractivity contribution in [2.24, 2.45) is 4.99 Å². The largest absolute Gasteiger partial charge is 0.376 e. The molecule has 0 saturated carbocycles. The van der Waals surface area contributed by atoms with E-state index in [-0.39, 0.29) is 6.10 Å². The van der Waals surface area contributed by atoms with Gasteiger partial charge in [0.1, 0.15) is 0 Å². The Labute approximate surface area is 205 Å². The molecule has 1 atom stereocenters. The number of hydrogen-bond acceptors (Lipinski definition) is 5. The highest BCUT2D eigenvalue weighted by atomic mass is 32.2. The summed E-state index contributed by atoms with van der Waals surface area (Å²) in [4.78, 5) is 6.19. The van der Waals surface area contributed by atoms with Crippen molar-refractivity contribution in [1.82, 2.24) is 8.87 Å². The maximum Gasteiger partial charge on any atom is 0.243 e. The number of aromatic nitrogens is 1. The van der Waals surface area contributed by atoms with Crippen molar-refractivity contribution in [2.75, 3.05) is 19.7 Å². The maximum absolute atomic E-state index is 13.1. The van der Waals surface area contributed by atoms with Crippen LogP contribution in [0.4, 0.5) is 5.69 Å². The van der Waals surface area contributed by atoms with E-state index in [1.165, 1.54) is 5.56 Å². The fraction of sp³-hybridized carbons (Fsp3) is 0.423. The van der Waals surface area contributed by atoms with Crippen LogP contribution in [0.2, 0.25) is 0 Å². The molecule has 0 N–H and O–H groups in total. The first kappa shape index (κ1) is 23.5. The van der Waals surface area contributed by atoms with E-state index in [1.54, 1.807) is 27.8 Å². The van der Waals surface area contributed by atoms with E-state index in [0.29, 0.717) is 18.0 Å². The predicted octanol–water partition coefficient (Wildman–Crippen LogP) is 5.11. The van der Waals surface area contributed by atoms with Crippen LogP contribution in [-0.4, -0.2) is 43.1 Å². The molecule has 2 fully saturated rings. The van der Waals surface area contributed by atoms with Crippen LogP contribution in [0.1, 0.15) is 37.7 Å². The maximum atomic E-state index is 13.1. The first-order chi connectivity index (χ1) is 16.5. The van der Waals surface area contributed by atoms with Crippen LogP contribution >= 0.6 is 11.3 Å². The van der Waals surface area contributed by atoms with Gasteiger partial charge in [-0.05, 0) is 62.4 Å². The second-order valence-electron chi connectivity index (χ2n) is 9.09. The third-order valence-corrected chi connectivity index (χ3v) is 9.35. The molecule has 0 spiro atoms. The number of thiazole rings is 1. The fourth-order valence-electron chi connectivity index (χ4n) is 4.60. The van der Waals surface area contributed by atoms with Gasteiger partial charge < -0.3 is 9.30 Å². The second-order valence-corrected chi connectivity index (χ2v) is 11.9. The molecule has 5 rings (SSSR count). The number of sulfonamides is 1. The fourth-order valence-corrected chi connectivity index (χ4v) is 7.06. The molecule has 180 valence electrons. The zero-order valence-electron chi connectivity index (χ0n) is 19.5. The number of rotatable bonds is 6. The molecule has 0 amide bonds. The van der Waals surface area contributed by atoms with Crippen LogP contribution in [0.15, 0.2) is 63.8 Å². The Balaban J connectivity index is 1.49. The molecule has 2 aliphatic heterocycles. The molecule has 1 unspecified atom stereocenters. The van der Waals surface area contributed by atoms with E-state index < -0.39 is 10.0 Å². The summed E-state index contributed by atoms with van der Waals surface area (Å²) >= 11 is 1.60. The first-order valence-corrected chi connectivity index (χ1v) is 14.3. The van der Waals surface area contributed by atoms with Gasteiger partial charge in [-0.3, -0.25) is 0 Å². The van der Waals surface area contributed by atoms with Crippen LogP contribution in [-0.2, 0) is 21.3 Å². The number of ether oxygens (including phenoxy) is 1. The Morgan fingerprint density at radius 3 is 2.41 bits per heavy atom. The van der Waals surface area contributed by atoms with Gasteiger partial charge in [0, 0.05) is 25.1 Å². The van der Waals surface area contributed by atoms with Gasteiger partial charge in [0.05, 0.1) is 28.9 Å². The highest BCUT2D eigenvalue weighted by Gasteiger charge is 2.26. The summed E-state index contributed by atoms with van der Waals surface area (Å²) in [5, 5.41) is 2.11. The topological polar surface area (TPSA) is 63.9 Å². The SMILES string of the molecule is Cc1ccc(N=c2scc(-c3ccc(S(=O)(=O)N4CCCCC4)cc3)n2CC2CCCO2)cc1. The predicted molar refractivity (Wildman–Crippen MR) is 136 cm³/mol. The van der Waals surface area contributed by atoms with Crippen molar-refractivity contribution < 1.29 is 13.2 Å². The van der Waals surface area contributed by atoms with Gasteiger partial charge in [0.15, 0.2) is 4.80 Å². The summed E-state index contributed by atoms with van der Waals surface area (Å²) in [7, 11) is -3.44. The van der Waals surface area contributed by atoms with Crippen molar-refractivity contribution in [2.45, 2.75) is 56.6 Å². The quantitative estimate of drug-likeness (QED) is 0.475. The minimum Gasteiger partial charge on any atom is -0.376 e. The summed E-state index contributed by atoms with van der Waals surface area (Å²) in [5.41, 5.74) is 4.14. The van der Waals surface area contributed by atoms with E-state index in [0.717, 1.165) is 67.0 Å². The molecule has 0 aliphatic carbocycles. The van der Waals surface area contributed by atoms with Crippen molar-refractivity contribution in [3.05, 3.63) is 64.3 Å². The van der Waals surface area contributed by atoms with Gasteiger partial charge in [-0.1, -0.05) is 36.2 Å². The lowest BCUT2D eigenvalue weighted by atomic mass is 10.1. The zero-order chi connectivity index (χ0) is 23.5. The highest BCUT2D eigenvalue weighted by molar-refractivity contribution is 7.89. The molecule has 2 aromatic carbocycles. The lowest BCUT2D eigenvalue weighted by Crippen LogP contribution is -2.35. The summed E-state index contributed by atoms with van der Waals surface area (Å²) in [5.74, 6) is 0. The molecule has 3 heterocycles. The third kappa shape index (κ3) is 5.05. The number of nitrogens with zero attached hydrogens (tertiary/aromatic N) is 3. The third-order valence-electron chi connectivity index (χ3n) is 6.57. The average Bonchev–Trinajstić information content (AvgIpc) is 3.52. The van der Waals surface area contributed by atoms with Crippen LogP contribution in [0, 0.1) is 6.92 Å². The molecule has 34 heavy (non-hydrogen) atoms. The van der Waals surface area contributed by atoms with Gasteiger partial charge in [-0.25, -0.2) is 13.4 Å². The molecule has 2 aliphatic rings. The summed E-state index contributed by atoms with van der Waals surface area (Å²) < 4.78 is 35.9. The van der Waals surface area contributed by atoms with Gasteiger partial charge in [0.2, 0.25) is 10.0 Å². The van der Waals surface area contributed by atoms with E-state index in [1.807, 2.05) is 24.3 Å². The highest BCUT2D eigenvalue weighted by Crippen LogP contribution is 2.27. The van der Waals surface area contributed by atoms with Gasteiger partial charge in [0.25, 0.3) is 0 Å². The zero-order valence-corrected chi connectivity index (χ0v) is 21.2. The van der Waals surface area contributed by atoms with Crippen molar-refractivity contribution in [3.63, 3.8) is 0 Å². The van der Waals surface area contributed by atoms with E-state index in [4.69, 9.17) is 9.73 Å². The Hall–Kier alpha value is -2.26. The van der Waals surface area contributed by atoms with E-state index in [2.05, 4.69) is 29.0 Å². The molecule has 0 radical (unpaired) electrons. The number of hydrogen-bond donors (Lipinski definition) is 0. The van der Waals surface area contributed by atoms with Gasteiger partial charge >= 0.3 is 0 Å². The smallest absolute Gasteiger partial charge is 0.243 e. The van der Waals surface area contributed by atoms with Gasteiger partial charge in [-0.2, -0.15) is 4.31 Å². The van der Waals surface area contributed by atoms with Crippen molar-refractivity contribution in [3.8, 4) is 11.3 Å². The first-order valence-electron chi connectivity index (χ1n) is 12.0. The number of aryl methyl sites for hydroxylation is 1. The Bertz CT molecular complexity index is 1280. The Kier molecular flexibility index (Phi) is 7.01. The lowest BCUT2D eigenvalue weighted by Gasteiger charge is -2.25. The standard InChI is InChI=1S/C26H31N3O3S2/c1-20-7-11-22(12-8-20)27-26-29(18-23-6-5-17-32-23)25(19-33-26)21-9-13-24(14-10-21)34(30,31)28-15-3-2-4-16-28/h7-14,19,23H,2-6,15-18H2,1H3. The van der Waals surface area contributed by atoms with Crippen molar-refractivity contribution in [1.29, 1.82) is 0 Å². The number of piperidine rings is 1. The van der Waals surface area contributed by atoms with Crippen LogP contribution in [0.5, 0.6) is 0 Å². The van der Waals surface area contributed by atoms with Crippen molar-refractivity contribution >= 4 is 27.0 Å². The van der Waals surface area contributed by atoms with E-state index >= 15 is 0 Å². The van der Waals surface area contributed by atoms with Gasteiger partial charge in [-0.15, -0.1) is 11.3 Å². The molecule has 8 heteroatoms. The molecule has 6 nitrogen and oxygen atoms in total. The van der Waals surface area contributed by atoms with Crippen LogP contribution in [0.3, 0.4) is 0 Å². The molecule has 2 saturated heterocycles. The lowest BCUT2D eigenvalue weighted by molar-refractivity contribution is 0.0968. The second kappa shape index (κ2) is 10.2. The summed E-state index contributed by atoms with van der Waals surface area (Å²) in [6.07, 6.45) is 5.26. The molecule has 3 aromatic rings. The minimum absolute atomic E-state index is 0.170. The number of benzene rings is 2. The van der Waals surface area contributed by atoms with Crippen LogP contribution in [0.25, 0.3) is 11.3 Å². The van der Waals surface area contributed by atoms with Crippen LogP contribution < -0.4 is 4.80 Å². The van der Waals surface area contributed by atoms with E-state index in [9.17, 15) is 8.42 Å². The summed E-state index contributed by atoms with van der Waals surface area (Å²) in [6.45, 7) is 4.83. The Morgan fingerprint density at radius 2 is 1.74 bits per heavy atom. The summed E-state index contributed by atoms with van der Waals surface area (Å²) in [6, 6.07) is 15.5.